The summed E-state index contributed by atoms with van der Waals surface area (Å²) in [5, 5.41) is 0. The molecule has 0 saturated heterocycles. The minimum atomic E-state index is -0.266. The third kappa shape index (κ3) is 4.80. The first kappa shape index (κ1) is 21.7. The molecule has 0 aliphatic rings. The Balaban J connectivity index is 2.61. The van der Waals surface area contributed by atoms with Crippen molar-refractivity contribution < 1.29 is 19.1 Å². The van der Waals surface area contributed by atoms with Crippen molar-refractivity contribution in [3.63, 3.8) is 0 Å². The smallest absolute Gasteiger partial charge is 0.309 e. The first-order valence-corrected chi connectivity index (χ1v) is 9.54. The van der Waals surface area contributed by atoms with Crippen LogP contribution in [0.4, 0.5) is 0 Å². The molecule has 0 unspecified atom stereocenters. The van der Waals surface area contributed by atoms with Crippen LogP contribution >= 0.6 is 0 Å². The van der Waals surface area contributed by atoms with Crippen LogP contribution in [0.5, 0.6) is 5.75 Å². The number of aldehydes is 1. The number of hydrogen-bond donors (Lipinski definition) is 0. The second kappa shape index (κ2) is 8.59. The van der Waals surface area contributed by atoms with Crippen molar-refractivity contribution in [3.05, 3.63) is 52.6 Å². The number of hydrogen-bond acceptors (Lipinski definition) is 4. The highest BCUT2D eigenvalue weighted by molar-refractivity contribution is 5.88. The third-order valence-corrected chi connectivity index (χ3v) is 4.71. The van der Waals surface area contributed by atoms with E-state index in [4.69, 9.17) is 9.47 Å². The van der Waals surface area contributed by atoms with Gasteiger partial charge in [-0.25, -0.2) is 0 Å². The number of carbonyl (C=O) groups is 2. The van der Waals surface area contributed by atoms with Gasteiger partial charge in [0.25, 0.3) is 0 Å². The monoisotopic (exact) mass is 382 g/mol. The lowest BCUT2D eigenvalue weighted by Crippen LogP contribution is -2.18. The van der Waals surface area contributed by atoms with Gasteiger partial charge in [-0.1, -0.05) is 45.0 Å². The number of methoxy groups -OCH3 is 1. The summed E-state index contributed by atoms with van der Waals surface area (Å²) in [7, 11) is 1.38. The van der Waals surface area contributed by atoms with Gasteiger partial charge in [0.05, 0.1) is 25.2 Å². The van der Waals surface area contributed by atoms with Crippen LogP contribution in [0.3, 0.4) is 0 Å². The fourth-order valence-corrected chi connectivity index (χ4v) is 3.18. The van der Waals surface area contributed by atoms with Gasteiger partial charge in [-0.15, -0.1) is 0 Å². The van der Waals surface area contributed by atoms with Gasteiger partial charge in [0.1, 0.15) is 5.75 Å². The summed E-state index contributed by atoms with van der Waals surface area (Å²) in [4.78, 5) is 23.4. The van der Waals surface area contributed by atoms with E-state index in [2.05, 4.69) is 26.8 Å². The molecule has 0 aliphatic carbocycles. The summed E-state index contributed by atoms with van der Waals surface area (Å²) in [6.07, 6.45) is 1.10. The topological polar surface area (TPSA) is 52.6 Å². The zero-order chi connectivity index (χ0) is 21.1. The van der Waals surface area contributed by atoms with Crippen molar-refractivity contribution in [1.82, 2.24) is 0 Å². The van der Waals surface area contributed by atoms with Crippen LogP contribution in [0.15, 0.2) is 30.3 Å². The third-order valence-electron chi connectivity index (χ3n) is 4.71. The lowest BCUT2D eigenvalue weighted by molar-refractivity contribution is -0.139. The van der Waals surface area contributed by atoms with Gasteiger partial charge in [-0.2, -0.15) is 0 Å². The predicted molar refractivity (Wildman–Crippen MR) is 112 cm³/mol. The van der Waals surface area contributed by atoms with E-state index in [9.17, 15) is 9.59 Å². The zero-order valence-corrected chi connectivity index (χ0v) is 17.9. The molecule has 0 bridgehead atoms. The van der Waals surface area contributed by atoms with Crippen molar-refractivity contribution in [2.24, 2.45) is 0 Å². The van der Waals surface area contributed by atoms with Crippen LogP contribution in [-0.4, -0.2) is 25.5 Å². The molecule has 0 fully saturated rings. The molecule has 4 nitrogen and oxygen atoms in total. The van der Waals surface area contributed by atoms with Crippen LogP contribution in [0, 0.1) is 6.92 Å². The van der Waals surface area contributed by atoms with Crippen LogP contribution in [0.25, 0.3) is 11.1 Å². The Morgan fingerprint density at radius 1 is 1.14 bits per heavy atom. The average Bonchev–Trinajstić information content (AvgIpc) is 2.61. The molecule has 150 valence electrons. The van der Waals surface area contributed by atoms with Crippen molar-refractivity contribution in [1.29, 1.82) is 0 Å². The number of esters is 1. The maximum Gasteiger partial charge on any atom is 0.309 e. The van der Waals surface area contributed by atoms with Gasteiger partial charge in [0.15, 0.2) is 6.29 Å². The lowest BCUT2D eigenvalue weighted by Gasteiger charge is -2.27. The molecule has 0 aliphatic heterocycles. The molecule has 2 rings (SSSR count). The van der Waals surface area contributed by atoms with E-state index in [-0.39, 0.29) is 23.9 Å². The number of rotatable bonds is 6. The lowest BCUT2D eigenvalue weighted by atomic mass is 9.81. The van der Waals surface area contributed by atoms with Gasteiger partial charge in [-0.05, 0) is 54.5 Å². The van der Waals surface area contributed by atoms with Gasteiger partial charge >= 0.3 is 5.97 Å². The Morgan fingerprint density at radius 3 is 2.21 bits per heavy atom. The fourth-order valence-electron chi connectivity index (χ4n) is 3.18. The van der Waals surface area contributed by atoms with Crippen LogP contribution in [0.2, 0.25) is 0 Å². The van der Waals surface area contributed by atoms with Crippen molar-refractivity contribution in [2.45, 2.75) is 59.5 Å². The van der Waals surface area contributed by atoms with Gasteiger partial charge in [0.2, 0.25) is 0 Å². The molecule has 2 aromatic rings. The second-order valence-corrected chi connectivity index (χ2v) is 8.32. The number of benzene rings is 2. The van der Waals surface area contributed by atoms with Crippen LogP contribution < -0.4 is 4.74 Å². The Morgan fingerprint density at radius 2 is 1.75 bits per heavy atom. The molecular formula is C24H30O4. The van der Waals surface area contributed by atoms with E-state index in [0.29, 0.717) is 11.3 Å². The first-order valence-electron chi connectivity index (χ1n) is 9.54. The molecular weight excluding hydrogens is 352 g/mol. The van der Waals surface area contributed by atoms with E-state index >= 15 is 0 Å². The maximum atomic E-state index is 12.0. The van der Waals surface area contributed by atoms with E-state index in [1.54, 1.807) is 0 Å². The Kier molecular flexibility index (Phi) is 6.65. The summed E-state index contributed by atoms with van der Waals surface area (Å²) < 4.78 is 10.8. The SMILES string of the molecule is COC(=O)Cc1ccc(-c2cc(C(C)(C)C)c(OC(C)C)c(C=O)c2C)cc1. The highest BCUT2D eigenvalue weighted by Crippen LogP contribution is 2.40. The largest absolute Gasteiger partial charge is 0.490 e. The van der Waals surface area contributed by atoms with E-state index in [1.165, 1.54) is 7.11 Å². The fraction of sp³-hybridized carbons (Fsp3) is 0.417. The van der Waals surface area contributed by atoms with Crippen molar-refractivity contribution in [3.8, 4) is 16.9 Å². The maximum absolute atomic E-state index is 12.0. The summed E-state index contributed by atoms with van der Waals surface area (Å²) in [5.41, 5.74) is 5.18. The number of carbonyl (C=O) groups excluding carboxylic acids is 2. The van der Waals surface area contributed by atoms with E-state index in [1.807, 2.05) is 45.0 Å². The summed E-state index contributed by atoms with van der Waals surface area (Å²) in [5.74, 6) is 0.401. The van der Waals surface area contributed by atoms with Gasteiger partial charge in [0, 0.05) is 5.56 Å². The second-order valence-electron chi connectivity index (χ2n) is 8.32. The number of ether oxygens (including phenoxy) is 2. The molecule has 0 heterocycles. The van der Waals surface area contributed by atoms with Crippen LogP contribution in [-0.2, 0) is 21.4 Å². The molecule has 0 radical (unpaired) electrons. The van der Waals surface area contributed by atoms with E-state index < -0.39 is 0 Å². The Labute approximate surface area is 167 Å². The summed E-state index contributed by atoms with van der Waals surface area (Å²) >= 11 is 0. The van der Waals surface area contributed by atoms with Crippen LogP contribution in [0.1, 0.15) is 61.7 Å². The quantitative estimate of drug-likeness (QED) is 0.504. The molecule has 0 N–H and O–H groups in total. The molecule has 2 aromatic carbocycles. The first-order chi connectivity index (χ1) is 13.1. The Hall–Kier alpha value is -2.62. The molecule has 4 heteroatoms. The van der Waals surface area contributed by atoms with Crippen molar-refractivity contribution in [2.75, 3.05) is 7.11 Å². The molecule has 0 saturated carbocycles. The van der Waals surface area contributed by atoms with Crippen molar-refractivity contribution >= 4 is 12.3 Å². The predicted octanol–water partition coefficient (Wildman–Crippen LogP) is 5.27. The van der Waals surface area contributed by atoms with Gasteiger partial charge < -0.3 is 9.47 Å². The molecule has 28 heavy (non-hydrogen) atoms. The van der Waals surface area contributed by atoms with E-state index in [0.717, 1.165) is 34.1 Å². The Bertz CT molecular complexity index is 856. The normalized spacial score (nSPS) is 11.4. The highest BCUT2D eigenvalue weighted by Gasteiger charge is 2.26. The average molecular weight is 383 g/mol. The molecule has 0 amide bonds. The standard InChI is InChI=1S/C24H30O4/c1-15(2)28-23-20(14-25)16(3)19(13-21(23)24(4,5)6)18-10-8-17(9-11-18)12-22(26)27-7/h8-11,13-15H,12H2,1-7H3. The zero-order valence-electron chi connectivity index (χ0n) is 17.9. The summed E-state index contributed by atoms with van der Waals surface area (Å²) in [6.45, 7) is 12.2. The molecule has 0 aromatic heterocycles. The molecule has 0 spiro atoms. The minimum Gasteiger partial charge on any atom is -0.490 e. The molecule has 0 atom stereocenters. The van der Waals surface area contributed by atoms with Gasteiger partial charge in [-0.3, -0.25) is 9.59 Å². The minimum absolute atomic E-state index is 0.0253. The highest BCUT2D eigenvalue weighted by atomic mass is 16.5. The summed E-state index contributed by atoms with van der Waals surface area (Å²) in [6, 6.07) is 9.91.